The van der Waals surface area contributed by atoms with Crippen LogP contribution in [-0.4, -0.2) is 16.2 Å². The Hall–Kier alpha value is -1.46. The van der Waals surface area contributed by atoms with E-state index in [1.807, 2.05) is 0 Å². The van der Waals surface area contributed by atoms with Crippen molar-refractivity contribution in [1.29, 1.82) is 0 Å². The van der Waals surface area contributed by atoms with Crippen molar-refractivity contribution in [3.8, 4) is 0 Å². The molecule has 0 aliphatic heterocycles. The topological polar surface area (TPSA) is 51.0 Å². The lowest BCUT2D eigenvalue weighted by atomic mass is 10.1. The Morgan fingerprint density at radius 2 is 2.14 bits per heavy atom. The van der Waals surface area contributed by atoms with E-state index in [4.69, 9.17) is 16.1 Å². The fourth-order valence-corrected chi connectivity index (χ4v) is 2.84. The van der Waals surface area contributed by atoms with Crippen LogP contribution in [0.3, 0.4) is 0 Å². The Bertz CT molecular complexity index is 611. The number of halogens is 2. The van der Waals surface area contributed by atoms with Crippen molar-refractivity contribution in [3.05, 3.63) is 46.3 Å². The van der Waals surface area contributed by atoms with Crippen molar-refractivity contribution in [1.82, 2.24) is 15.5 Å². The van der Waals surface area contributed by atoms with Crippen LogP contribution < -0.4 is 5.32 Å². The Kier molecular flexibility index (Phi) is 4.51. The van der Waals surface area contributed by atoms with Gasteiger partial charge in [-0.3, -0.25) is 0 Å². The molecule has 0 bridgehead atoms. The highest BCUT2D eigenvalue weighted by molar-refractivity contribution is 6.30. The van der Waals surface area contributed by atoms with Gasteiger partial charge in [0, 0.05) is 12.5 Å². The normalized spacial score (nSPS) is 15.7. The maximum atomic E-state index is 13.8. The first-order chi connectivity index (χ1) is 10.2. The predicted molar refractivity (Wildman–Crippen MR) is 77.6 cm³/mol. The zero-order chi connectivity index (χ0) is 14.7. The van der Waals surface area contributed by atoms with E-state index >= 15 is 0 Å². The molecule has 1 heterocycles. The molecule has 0 unspecified atom stereocenters. The number of hydrogen-bond acceptors (Lipinski definition) is 4. The van der Waals surface area contributed by atoms with E-state index in [0.29, 0.717) is 29.9 Å². The Labute approximate surface area is 127 Å². The minimum absolute atomic E-state index is 0.110. The van der Waals surface area contributed by atoms with Gasteiger partial charge in [0.2, 0.25) is 5.89 Å². The second-order valence-electron chi connectivity index (χ2n) is 5.36. The van der Waals surface area contributed by atoms with Gasteiger partial charge >= 0.3 is 0 Å². The summed E-state index contributed by atoms with van der Waals surface area (Å²) < 4.78 is 19.0. The maximum absolute atomic E-state index is 13.8. The van der Waals surface area contributed by atoms with E-state index in [9.17, 15) is 4.39 Å². The van der Waals surface area contributed by atoms with Crippen LogP contribution in [0.2, 0.25) is 5.02 Å². The number of nitrogens with one attached hydrogen (secondary N) is 1. The summed E-state index contributed by atoms with van der Waals surface area (Å²) in [7, 11) is 0. The molecule has 1 fully saturated rings. The van der Waals surface area contributed by atoms with Crippen molar-refractivity contribution in [2.45, 2.75) is 44.7 Å². The van der Waals surface area contributed by atoms with Crippen LogP contribution in [0.25, 0.3) is 0 Å². The Morgan fingerprint density at radius 3 is 2.95 bits per heavy atom. The monoisotopic (exact) mass is 309 g/mol. The summed E-state index contributed by atoms with van der Waals surface area (Å²) in [4.78, 5) is 4.29. The average Bonchev–Trinajstić information content (AvgIpc) is 3.13. The van der Waals surface area contributed by atoms with Gasteiger partial charge in [0.1, 0.15) is 5.82 Å². The first kappa shape index (κ1) is 14.5. The summed E-state index contributed by atoms with van der Waals surface area (Å²) in [5.41, 5.74) is 0.471. The molecule has 1 aromatic carbocycles. The lowest BCUT2D eigenvalue weighted by Gasteiger charge is -2.08. The lowest BCUT2D eigenvalue weighted by molar-refractivity contribution is 0.353. The zero-order valence-electron chi connectivity index (χ0n) is 11.6. The predicted octanol–water partition coefficient (Wildman–Crippen LogP) is 3.49. The lowest BCUT2D eigenvalue weighted by Crippen LogP contribution is -2.25. The van der Waals surface area contributed by atoms with E-state index in [1.54, 1.807) is 12.1 Å². The van der Waals surface area contributed by atoms with Gasteiger partial charge in [-0.2, -0.15) is 4.98 Å². The SMILES string of the molecule is Fc1c(Cl)cccc1Cc1noc(CNC2CCCC2)n1. The summed E-state index contributed by atoms with van der Waals surface area (Å²) in [6.07, 6.45) is 5.24. The summed E-state index contributed by atoms with van der Waals surface area (Å²) in [6, 6.07) is 5.45. The Morgan fingerprint density at radius 1 is 1.33 bits per heavy atom. The summed E-state index contributed by atoms with van der Waals surface area (Å²) in [6.45, 7) is 0.565. The fourth-order valence-electron chi connectivity index (χ4n) is 2.65. The number of hydrogen-bond donors (Lipinski definition) is 1. The van der Waals surface area contributed by atoms with Crippen LogP contribution in [0.1, 0.15) is 43.0 Å². The summed E-state index contributed by atoms with van der Waals surface area (Å²) in [5.74, 6) is 0.591. The number of benzene rings is 1. The second-order valence-corrected chi connectivity index (χ2v) is 5.76. The molecule has 0 radical (unpaired) electrons. The standard InChI is InChI=1S/C15H17ClFN3O/c16-12-7-3-4-10(15(12)17)8-13-19-14(21-20-13)9-18-11-5-1-2-6-11/h3-4,7,11,18H,1-2,5-6,8-9H2. The van der Waals surface area contributed by atoms with E-state index < -0.39 is 5.82 Å². The highest BCUT2D eigenvalue weighted by Crippen LogP contribution is 2.20. The van der Waals surface area contributed by atoms with E-state index in [-0.39, 0.29) is 11.4 Å². The number of rotatable bonds is 5. The molecule has 0 saturated heterocycles. The molecule has 1 saturated carbocycles. The molecule has 3 rings (SSSR count). The van der Waals surface area contributed by atoms with E-state index in [1.165, 1.54) is 31.7 Å². The van der Waals surface area contributed by atoms with Crippen LogP contribution in [-0.2, 0) is 13.0 Å². The molecule has 1 N–H and O–H groups in total. The van der Waals surface area contributed by atoms with Crippen LogP contribution >= 0.6 is 11.6 Å². The van der Waals surface area contributed by atoms with Gasteiger partial charge in [-0.15, -0.1) is 0 Å². The zero-order valence-corrected chi connectivity index (χ0v) is 12.4. The highest BCUT2D eigenvalue weighted by atomic mass is 35.5. The summed E-state index contributed by atoms with van der Waals surface area (Å²) in [5, 5.41) is 7.41. The van der Waals surface area contributed by atoms with Gasteiger partial charge in [0.05, 0.1) is 11.6 Å². The van der Waals surface area contributed by atoms with Gasteiger partial charge in [-0.1, -0.05) is 41.7 Å². The maximum Gasteiger partial charge on any atom is 0.240 e. The number of nitrogens with zero attached hydrogens (tertiary/aromatic N) is 2. The minimum Gasteiger partial charge on any atom is -0.338 e. The highest BCUT2D eigenvalue weighted by Gasteiger charge is 2.16. The summed E-state index contributed by atoms with van der Waals surface area (Å²) >= 11 is 5.76. The molecular formula is C15H17ClFN3O. The Balaban J connectivity index is 1.60. The van der Waals surface area contributed by atoms with Crippen LogP contribution in [0.4, 0.5) is 4.39 Å². The van der Waals surface area contributed by atoms with Crippen LogP contribution in [0.15, 0.2) is 22.7 Å². The van der Waals surface area contributed by atoms with Gasteiger partial charge in [-0.25, -0.2) is 4.39 Å². The van der Waals surface area contributed by atoms with Crippen molar-refractivity contribution in [3.63, 3.8) is 0 Å². The van der Waals surface area contributed by atoms with Gasteiger partial charge < -0.3 is 9.84 Å². The first-order valence-electron chi connectivity index (χ1n) is 7.20. The smallest absolute Gasteiger partial charge is 0.240 e. The van der Waals surface area contributed by atoms with Crippen molar-refractivity contribution in [2.24, 2.45) is 0 Å². The first-order valence-corrected chi connectivity index (χ1v) is 7.58. The van der Waals surface area contributed by atoms with Gasteiger partial charge in [-0.05, 0) is 24.5 Å². The van der Waals surface area contributed by atoms with Crippen molar-refractivity contribution < 1.29 is 8.91 Å². The fraction of sp³-hybridized carbons (Fsp3) is 0.467. The van der Waals surface area contributed by atoms with Crippen LogP contribution in [0, 0.1) is 5.82 Å². The molecule has 6 heteroatoms. The van der Waals surface area contributed by atoms with Gasteiger partial charge in [0.25, 0.3) is 0 Å². The molecule has 2 aromatic rings. The third-order valence-electron chi connectivity index (χ3n) is 3.79. The molecule has 0 spiro atoms. The molecular weight excluding hydrogens is 293 g/mol. The van der Waals surface area contributed by atoms with Gasteiger partial charge in [0.15, 0.2) is 5.82 Å². The minimum atomic E-state index is -0.422. The van der Waals surface area contributed by atoms with Crippen molar-refractivity contribution >= 4 is 11.6 Å². The molecule has 4 nitrogen and oxygen atoms in total. The molecule has 0 amide bonds. The molecule has 1 aliphatic rings. The van der Waals surface area contributed by atoms with E-state index in [0.717, 1.165) is 0 Å². The molecule has 1 aromatic heterocycles. The van der Waals surface area contributed by atoms with E-state index in [2.05, 4.69) is 15.5 Å². The quantitative estimate of drug-likeness (QED) is 0.918. The number of aromatic nitrogens is 2. The largest absolute Gasteiger partial charge is 0.338 e. The molecule has 112 valence electrons. The second kappa shape index (κ2) is 6.54. The molecule has 1 aliphatic carbocycles. The van der Waals surface area contributed by atoms with Crippen molar-refractivity contribution in [2.75, 3.05) is 0 Å². The molecule has 21 heavy (non-hydrogen) atoms. The molecule has 0 atom stereocenters. The third kappa shape index (κ3) is 3.60. The van der Waals surface area contributed by atoms with Crippen LogP contribution in [0.5, 0.6) is 0 Å². The third-order valence-corrected chi connectivity index (χ3v) is 4.08. The average molecular weight is 310 g/mol.